The number of aromatic nitrogens is 3. The summed E-state index contributed by atoms with van der Waals surface area (Å²) in [5, 5.41) is 10.8. The van der Waals surface area contributed by atoms with Crippen molar-refractivity contribution < 1.29 is 14.1 Å². The molecule has 10 nitrogen and oxygen atoms in total. The van der Waals surface area contributed by atoms with Crippen molar-refractivity contribution in [2.45, 2.75) is 12.6 Å². The number of nitro groups is 1. The number of piperazine rings is 1. The minimum absolute atomic E-state index is 0.0378. The molecule has 0 amide bonds. The predicted molar refractivity (Wildman–Crippen MR) is 96.0 cm³/mol. The molecule has 1 unspecified atom stereocenters. The summed E-state index contributed by atoms with van der Waals surface area (Å²) < 4.78 is 13.3. The number of rotatable bonds is 4. The van der Waals surface area contributed by atoms with Crippen LogP contribution in [-0.2, 0) is 6.54 Å². The van der Waals surface area contributed by atoms with Gasteiger partial charge in [0.2, 0.25) is 0 Å². The van der Waals surface area contributed by atoms with Gasteiger partial charge in [-0.3, -0.25) is 9.47 Å². The quantitative estimate of drug-likeness (QED) is 0.503. The van der Waals surface area contributed by atoms with Gasteiger partial charge < -0.3 is 24.2 Å². The Hall–Kier alpha value is -3.14. The van der Waals surface area contributed by atoms with Gasteiger partial charge in [-0.2, -0.15) is 4.98 Å². The van der Waals surface area contributed by atoms with Crippen LogP contribution in [0, 0.1) is 10.1 Å². The summed E-state index contributed by atoms with van der Waals surface area (Å²) in [7, 11) is 0. The topological polar surface area (TPSA) is 103 Å². The minimum Gasteiger partial charge on any atom is -0.439 e. The molecule has 1 aromatic carbocycles. The van der Waals surface area contributed by atoms with E-state index in [1.54, 1.807) is 4.57 Å². The fourth-order valence-corrected chi connectivity index (χ4v) is 3.60. The van der Waals surface area contributed by atoms with Gasteiger partial charge in [0.25, 0.3) is 6.01 Å². The average molecular weight is 370 g/mol. The maximum atomic E-state index is 10.8. The van der Waals surface area contributed by atoms with Crippen LogP contribution in [0.3, 0.4) is 0 Å². The zero-order chi connectivity index (χ0) is 18.4. The number of oxazole rings is 1. The Morgan fingerprint density at radius 1 is 1.19 bits per heavy atom. The van der Waals surface area contributed by atoms with Gasteiger partial charge in [0, 0.05) is 37.7 Å². The summed E-state index contributed by atoms with van der Waals surface area (Å²) in [4.78, 5) is 23.2. The van der Waals surface area contributed by atoms with Gasteiger partial charge in [0.05, 0.1) is 6.54 Å². The van der Waals surface area contributed by atoms with E-state index < -0.39 is 4.92 Å². The van der Waals surface area contributed by atoms with Crippen LogP contribution in [0.5, 0.6) is 6.01 Å². The van der Waals surface area contributed by atoms with Gasteiger partial charge in [-0.1, -0.05) is 12.1 Å². The summed E-state index contributed by atoms with van der Waals surface area (Å²) in [6, 6.07) is 8.76. The Balaban J connectivity index is 1.17. The van der Waals surface area contributed by atoms with Crippen LogP contribution in [-0.4, -0.2) is 63.2 Å². The predicted octanol–water partition coefficient (Wildman–Crippen LogP) is 1.52. The number of ether oxygens (including phenoxy) is 1. The molecule has 10 heteroatoms. The summed E-state index contributed by atoms with van der Waals surface area (Å²) in [6.07, 6.45) is 1.39. The standard InChI is InChI=1S/C17H18N6O4/c24-23(25)15-11-22-10-12(26-17(22)19-15)9-20-5-7-21(8-6-20)16-18-13-3-1-2-4-14(13)27-16/h1-4,11-12H,5-10H2. The van der Waals surface area contributed by atoms with Crippen molar-refractivity contribution in [2.24, 2.45) is 0 Å². The molecule has 0 N–H and O–H groups in total. The van der Waals surface area contributed by atoms with Gasteiger partial charge in [0.1, 0.15) is 17.8 Å². The van der Waals surface area contributed by atoms with Crippen LogP contribution in [0.15, 0.2) is 34.9 Å². The number of fused-ring (bicyclic) bond motifs is 2. The first-order chi connectivity index (χ1) is 13.2. The molecule has 2 aliphatic heterocycles. The van der Waals surface area contributed by atoms with Crippen molar-refractivity contribution in [2.75, 3.05) is 37.6 Å². The zero-order valence-corrected chi connectivity index (χ0v) is 14.5. The second-order valence-electron chi connectivity index (χ2n) is 6.78. The Morgan fingerprint density at radius 2 is 2.00 bits per heavy atom. The molecule has 0 bridgehead atoms. The Morgan fingerprint density at radius 3 is 2.74 bits per heavy atom. The molecule has 5 rings (SSSR count). The molecule has 27 heavy (non-hydrogen) atoms. The Kier molecular flexibility index (Phi) is 3.71. The van der Waals surface area contributed by atoms with Crippen molar-refractivity contribution in [3.8, 4) is 6.01 Å². The molecule has 1 saturated heterocycles. The molecule has 0 aliphatic carbocycles. The zero-order valence-electron chi connectivity index (χ0n) is 14.5. The third kappa shape index (κ3) is 2.97. The van der Waals surface area contributed by atoms with E-state index in [0.717, 1.165) is 43.8 Å². The first kappa shape index (κ1) is 16.1. The fraction of sp³-hybridized carbons (Fsp3) is 0.412. The molecular formula is C17H18N6O4. The van der Waals surface area contributed by atoms with Crippen LogP contribution in [0.2, 0.25) is 0 Å². The summed E-state index contributed by atoms with van der Waals surface area (Å²) >= 11 is 0. The summed E-state index contributed by atoms with van der Waals surface area (Å²) in [6.45, 7) is 4.76. The van der Waals surface area contributed by atoms with Crippen molar-refractivity contribution in [3.63, 3.8) is 0 Å². The number of hydrogen-bond donors (Lipinski definition) is 0. The van der Waals surface area contributed by atoms with Gasteiger partial charge in [-0.15, -0.1) is 0 Å². The second kappa shape index (κ2) is 6.23. The summed E-state index contributed by atoms with van der Waals surface area (Å²) in [5.41, 5.74) is 1.68. The Bertz CT molecular complexity index is 934. The number of benzene rings is 1. The number of imidazole rings is 1. The van der Waals surface area contributed by atoms with Gasteiger partial charge in [-0.25, -0.2) is 0 Å². The molecule has 0 radical (unpaired) electrons. The lowest BCUT2D eigenvalue weighted by Crippen LogP contribution is -2.49. The van der Waals surface area contributed by atoms with Crippen LogP contribution in [0.25, 0.3) is 11.1 Å². The Labute approximate surface area is 154 Å². The van der Waals surface area contributed by atoms with Crippen molar-refractivity contribution in [1.82, 2.24) is 19.4 Å². The molecule has 2 aromatic heterocycles. The van der Waals surface area contributed by atoms with Crippen LogP contribution >= 0.6 is 0 Å². The third-order valence-corrected chi connectivity index (χ3v) is 4.97. The van der Waals surface area contributed by atoms with Crippen LogP contribution in [0.1, 0.15) is 0 Å². The SMILES string of the molecule is O=[N+]([O-])c1cn2c(n1)OC(CN1CCN(c3nc4ccccc4o3)CC1)C2. The molecule has 1 fully saturated rings. The van der Waals surface area contributed by atoms with Gasteiger partial charge in [-0.05, 0) is 17.1 Å². The van der Waals surface area contributed by atoms with Crippen LogP contribution in [0.4, 0.5) is 11.8 Å². The van der Waals surface area contributed by atoms with E-state index >= 15 is 0 Å². The van der Waals surface area contributed by atoms with E-state index in [1.807, 2.05) is 24.3 Å². The van der Waals surface area contributed by atoms with Gasteiger partial charge in [0.15, 0.2) is 5.58 Å². The number of nitrogens with zero attached hydrogens (tertiary/aromatic N) is 6. The molecule has 2 aliphatic rings. The highest BCUT2D eigenvalue weighted by atomic mass is 16.6. The van der Waals surface area contributed by atoms with E-state index in [2.05, 4.69) is 19.8 Å². The molecule has 140 valence electrons. The lowest BCUT2D eigenvalue weighted by molar-refractivity contribution is -0.389. The average Bonchev–Trinajstić information content (AvgIpc) is 3.34. The van der Waals surface area contributed by atoms with E-state index in [-0.39, 0.29) is 11.9 Å². The van der Waals surface area contributed by atoms with Crippen molar-refractivity contribution >= 4 is 22.9 Å². The highest BCUT2D eigenvalue weighted by Crippen LogP contribution is 2.26. The largest absolute Gasteiger partial charge is 0.439 e. The molecule has 3 aromatic rings. The van der Waals surface area contributed by atoms with Crippen molar-refractivity contribution in [3.05, 3.63) is 40.6 Å². The lowest BCUT2D eigenvalue weighted by atomic mass is 10.2. The second-order valence-corrected chi connectivity index (χ2v) is 6.78. The molecule has 0 saturated carbocycles. The fourth-order valence-electron chi connectivity index (χ4n) is 3.60. The van der Waals surface area contributed by atoms with Crippen molar-refractivity contribution in [1.29, 1.82) is 0 Å². The van der Waals surface area contributed by atoms with Gasteiger partial charge >= 0.3 is 11.8 Å². The molecule has 1 atom stereocenters. The maximum Gasteiger partial charge on any atom is 0.414 e. The monoisotopic (exact) mass is 370 g/mol. The highest BCUT2D eigenvalue weighted by Gasteiger charge is 2.33. The minimum atomic E-state index is -0.505. The summed E-state index contributed by atoms with van der Waals surface area (Å²) in [5.74, 6) is -0.171. The normalized spacial score (nSPS) is 20.0. The molecule has 4 heterocycles. The van der Waals surface area contributed by atoms with E-state index in [1.165, 1.54) is 6.20 Å². The number of hydrogen-bond acceptors (Lipinski definition) is 8. The molecular weight excluding hydrogens is 352 g/mol. The van der Waals surface area contributed by atoms with E-state index in [0.29, 0.717) is 18.6 Å². The van der Waals surface area contributed by atoms with Crippen LogP contribution < -0.4 is 9.64 Å². The third-order valence-electron chi connectivity index (χ3n) is 4.97. The van der Waals surface area contributed by atoms with E-state index in [9.17, 15) is 10.1 Å². The highest BCUT2D eigenvalue weighted by molar-refractivity contribution is 5.74. The smallest absolute Gasteiger partial charge is 0.414 e. The lowest BCUT2D eigenvalue weighted by Gasteiger charge is -2.34. The van der Waals surface area contributed by atoms with E-state index in [4.69, 9.17) is 9.15 Å². The maximum absolute atomic E-state index is 10.8. The number of para-hydroxylation sites is 2. The number of anilines is 1. The first-order valence-corrected chi connectivity index (χ1v) is 8.87. The molecule has 0 spiro atoms. The first-order valence-electron chi connectivity index (χ1n) is 8.87.